The molecular formula is C32H43NO4. The zero-order valence-corrected chi connectivity index (χ0v) is 22.5. The van der Waals surface area contributed by atoms with Crippen molar-refractivity contribution >= 4 is 11.9 Å². The maximum Gasteiger partial charge on any atom is 0.332 e. The monoisotopic (exact) mass is 505 g/mol. The molecule has 3 unspecified atom stereocenters. The molecule has 1 amide bonds. The highest BCUT2D eigenvalue weighted by Crippen LogP contribution is 2.52. The van der Waals surface area contributed by atoms with E-state index in [1.54, 1.807) is 0 Å². The van der Waals surface area contributed by atoms with Gasteiger partial charge in [-0.2, -0.15) is 0 Å². The molecule has 0 aliphatic heterocycles. The molecule has 0 bridgehead atoms. The van der Waals surface area contributed by atoms with Crippen LogP contribution in [0.1, 0.15) is 94.6 Å². The molecule has 4 rings (SSSR count). The Balaban J connectivity index is 1.33. The van der Waals surface area contributed by atoms with Gasteiger partial charge >= 0.3 is 5.97 Å². The van der Waals surface area contributed by atoms with E-state index in [4.69, 9.17) is 9.47 Å². The lowest BCUT2D eigenvalue weighted by atomic mass is 9.82. The van der Waals surface area contributed by atoms with Gasteiger partial charge in [0.2, 0.25) is 5.91 Å². The molecule has 2 aliphatic carbocycles. The number of ether oxygens (including phenoxy) is 2. The van der Waals surface area contributed by atoms with E-state index >= 15 is 0 Å². The Bertz CT molecular complexity index is 1000. The van der Waals surface area contributed by atoms with E-state index in [9.17, 15) is 9.59 Å². The average molecular weight is 506 g/mol. The number of nitrogens with one attached hydrogen (secondary N) is 1. The Morgan fingerprint density at radius 2 is 1.65 bits per heavy atom. The van der Waals surface area contributed by atoms with Crippen molar-refractivity contribution in [2.45, 2.75) is 95.6 Å². The first kappa shape index (κ1) is 27.2. The first-order valence-corrected chi connectivity index (χ1v) is 14.2. The predicted octanol–water partition coefficient (Wildman–Crippen LogP) is 6.95. The fraction of sp³-hybridized carbons (Fsp3) is 0.562. The number of unbranched alkanes of at least 4 members (excludes halogenated alkanes) is 1. The van der Waals surface area contributed by atoms with Crippen molar-refractivity contribution in [2.75, 3.05) is 7.11 Å². The van der Waals surface area contributed by atoms with Gasteiger partial charge in [-0.3, -0.25) is 4.79 Å². The normalized spacial score (nSPS) is 25.4. The highest BCUT2D eigenvalue weighted by molar-refractivity contribution is 5.92. The van der Waals surface area contributed by atoms with Crippen LogP contribution in [0.2, 0.25) is 0 Å². The fourth-order valence-corrected chi connectivity index (χ4v) is 5.97. The van der Waals surface area contributed by atoms with E-state index in [1.165, 1.54) is 52.1 Å². The molecule has 2 aromatic carbocycles. The van der Waals surface area contributed by atoms with Crippen LogP contribution in [0, 0.1) is 11.8 Å². The summed E-state index contributed by atoms with van der Waals surface area (Å²) >= 11 is 0. The van der Waals surface area contributed by atoms with Gasteiger partial charge in [0.25, 0.3) is 0 Å². The van der Waals surface area contributed by atoms with Gasteiger partial charge in [0, 0.05) is 12.3 Å². The molecule has 0 spiro atoms. The van der Waals surface area contributed by atoms with Crippen LogP contribution in [0.25, 0.3) is 0 Å². The van der Waals surface area contributed by atoms with Crippen molar-refractivity contribution in [1.29, 1.82) is 0 Å². The molecule has 2 aliphatic rings. The van der Waals surface area contributed by atoms with Gasteiger partial charge in [0.05, 0.1) is 7.11 Å². The third-order valence-electron chi connectivity index (χ3n) is 8.30. The molecule has 2 fully saturated rings. The minimum atomic E-state index is -0.955. The van der Waals surface area contributed by atoms with Crippen molar-refractivity contribution in [3.8, 4) is 5.75 Å². The topological polar surface area (TPSA) is 64.6 Å². The molecule has 200 valence electrons. The number of rotatable bonds is 11. The molecule has 37 heavy (non-hydrogen) atoms. The van der Waals surface area contributed by atoms with Gasteiger partial charge in [0.1, 0.15) is 17.9 Å². The van der Waals surface area contributed by atoms with Gasteiger partial charge in [-0.15, -0.1) is 0 Å². The number of benzene rings is 2. The lowest BCUT2D eigenvalue weighted by Gasteiger charge is -2.25. The number of amides is 1. The number of methoxy groups -OCH3 is 1. The molecule has 2 aromatic rings. The summed E-state index contributed by atoms with van der Waals surface area (Å²) in [6, 6.07) is 17.9. The van der Waals surface area contributed by atoms with Crippen LogP contribution in [0.5, 0.6) is 5.75 Å². The summed E-state index contributed by atoms with van der Waals surface area (Å²) in [4.78, 5) is 26.0. The van der Waals surface area contributed by atoms with Gasteiger partial charge in [-0.25, -0.2) is 4.79 Å². The van der Waals surface area contributed by atoms with E-state index in [2.05, 4.69) is 12.2 Å². The Morgan fingerprint density at radius 3 is 2.35 bits per heavy atom. The largest absolute Gasteiger partial charge is 0.489 e. The molecule has 0 aromatic heterocycles. The highest BCUT2D eigenvalue weighted by atomic mass is 16.5. The summed E-state index contributed by atoms with van der Waals surface area (Å²) in [6.07, 6.45) is 12.2. The first-order valence-electron chi connectivity index (χ1n) is 14.2. The second-order valence-corrected chi connectivity index (χ2v) is 11.1. The van der Waals surface area contributed by atoms with Gasteiger partial charge < -0.3 is 14.8 Å². The van der Waals surface area contributed by atoms with Crippen molar-refractivity contribution in [3.63, 3.8) is 0 Å². The minimum absolute atomic E-state index is 0.0219. The summed E-state index contributed by atoms with van der Waals surface area (Å²) in [6.45, 7) is 2.76. The highest BCUT2D eigenvalue weighted by Gasteiger charge is 2.62. The third kappa shape index (κ3) is 7.37. The number of esters is 1. The van der Waals surface area contributed by atoms with E-state index < -0.39 is 5.54 Å². The number of hydrogen-bond donors (Lipinski definition) is 1. The summed E-state index contributed by atoms with van der Waals surface area (Å²) in [5.74, 6) is 1.53. The van der Waals surface area contributed by atoms with Crippen LogP contribution < -0.4 is 10.1 Å². The maximum atomic E-state index is 13.2. The number of carbonyl (C=O) groups is 2. The van der Waals surface area contributed by atoms with Crippen LogP contribution in [0.15, 0.2) is 54.6 Å². The van der Waals surface area contributed by atoms with E-state index in [0.717, 1.165) is 35.6 Å². The lowest BCUT2D eigenvalue weighted by molar-refractivity contribution is -0.146. The Kier molecular flexibility index (Phi) is 9.65. The standard InChI is InChI=1S/C32H43NO4/c1-3-4-10-24-11-8-9-12-25(16-15-24)21-30(34)33-32(31(35)36-2)22-29(32)27-17-19-28(20-18-27)37-23-26-13-6-5-7-14-26/h5-7,13-14,17-20,24-25,29H,3-4,8-12,15-16,21-23H2,1-2H3,(H,33,34)/t24-,25?,29?,32?/m0/s1. The second-order valence-electron chi connectivity index (χ2n) is 11.1. The van der Waals surface area contributed by atoms with E-state index in [1.807, 2.05) is 54.6 Å². The second kappa shape index (κ2) is 13.1. The van der Waals surface area contributed by atoms with Crippen LogP contribution in [0.4, 0.5) is 0 Å². The molecule has 0 heterocycles. The third-order valence-corrected chi connectivity index (χ3v) is 8.30. The Morgan fingerprint density at radius 1 is 0.946 bits per heavy atom. The summed E-state index contributed by atoms with van der Waals surface area (Å²) in [5.41, 5.74) is 1.17. The van der Waals surface area contributed by atoms with Crippen molar-refractivity contribution in [2.24, 2.45) is 11.8 Å². The van der Waals surface area contributed by atoms with Gasteiger partial charge in [-0.05, 0) is 54.4 Å². The molecule has 0 saturated heterocycles. The molecule has 4 atom stereocenters. The van der Waals surface area contributed by atoms with Crippen LogP contribution in [0.3, 0.4) is 0 Å². The smallest absolute Gasteiger partial charge is 0.332 e. The van der Waals surface area contributed by atoms with Crippen molar-refractivity contribution < 1.29 is 19.1 Å². The van der Waals surface area contributed by atoms with E-state index in [-0.39, 0.29) is 17.8 Å². The number of hydrogen-bond acceptors (Lipinski definition) is 4. The van der Waals surface area contributed by atoms with Crippen molar-refractivity contribution in [1.82, 2.24) is 5.32 Å². The molecule has 1 N–H and O–H groups in total. The molecule has 2 saturated carbocycles. The summed E-state index contributed by atoms with van der Waals surface area (Å²) in [7, 11) is 1.40. The zero-order chi connectivity index (χ0) is 26.1. The predicted molar refractivity (Wildman–Crippen MR) is 146 cm³/mol. The molecular weight excluding hydrogens is 462 g/mol. The first-order chi connectivity index (χ1) is 18.0. The average Bonchev–Trinajstić information content (AvgIpc) is 3.64. The van der Waals surface area contributed by atoms with E-state index in [0.29, 0.717) is 25.4 Å². The quantitative estimate of drug-likeness (QED) is 0.336. The van der Waals surface area contributed by atoms with Crippen LogP contribution >= 0.6 is 0 Å². The SMILES string of the molecule is CCCC[C@H]1CCCCC(CC(=O)NC2(C(=O)OC)CC2c2ccc(OCc3ccccc3)cc2)CC1. The fourth-order valence-electron chi connectivity index (χ4n) is 5.97. The van der Waals surface area contributed by atoms with Crippen LogP contribution in [-0.2, 0) is 20.9 Å². The maximum absolute atomic E-state index is 13.2. The lowest BCUT2D eigenvalue weighted by Crippen LogP contribution is -2.45. The number of carbonyl (C=O) groups excluding carboxylic acids is 2. The molecule has 0 radical (unpaired) electrons. The van der Waals surface area contributed by atoms with Gasteiger partial charge in [0.15, 0.2) is 0 Å². The summed E-state index contributed by atoms with van der Waals surface area (Å²) in [5, 5.41) is 3.11. The van der Waals surface area contributed by atoms with Crippen molar-refractivity contribution in [3.05, 3.63) is 65.7 Å². The Hall–Kier alpha value is -2.82. The zero-order valence-electron chi connectivity index (χ0n) is 22.5. The van der Waals surface area contributed by atoms with Crippen LogP contribution in [-0.4, -0.2) is 24.5 Å². The Labute approximate surface area is 222 Å². The molecule has 5 heteroatoms. The minimum Gasteiger partial charge on any atom is -0.489 e. The summed E-state index contributed by atoms with van der Waals surface area (Å²) < 4.78 is 11.0. The van der Waals surface area contributed by atoms with Gasteiger partial charge in [-0.1, -0.05) is 94.3 Å². The molecule has 5 nitrogen and oxygen atoms in total.